The zero-order valence-corrected chi connectivity index (χ0v) is 9.41. The Balaban J connectivity index is 2.76. The number of pyridine rings is 1. The second-order valence-electron chi connectivity index (χ2n) is 2.92. The Bertz CT molecular complexity index is 388. The van der Waals surface area contributed by atoms with Gasteiger partial charge in [0.05, 0.1) is 6.61 Å². The molecular weight excluding hydrogens is 214 g/mol. The van der Waals surface area contributed by atoms with Crippen molar-refractivity contribution in [3.05, 3.63) is 34.6 Å². The smallest absolute Gasteiger partial charge is 0.330 e. The fourth-order valence-electron chi connectivity index (χ4n) is 1.01. The van der Waals surface area contributed by atoms with Crippen LogP contribution < -0.4 is 0 Å². The van der Waals surface area contributed by atoms with Crippen molar-refractivity contribution in [3.8, 4) is 0 Å². The minimum absolute atomic E-state index is 0.364. The van der Waals surface area contributed by atoms with Crippen molar-refractivity contribution in [1.29, 1.82) is 0 Å². The largest absolute Gasteiger partial charge is 0.463 e. The van der Waals surface area contributed by atoms with Gasteiger partial charge < -0.3 is 4.74 Å². The average molecular weight is 226 g/mol. The third-order valence-corrected chi connectivity index (χ3v) is 2.01. The Morgan fingerprint density at radius 3 is 2.93 bits per heavy atom. The molecular formula is C11H12ClNO2. The van der Waals surface area contributed by atoms with E-state index in [1.165, 1.54) is 6.08 Å². The van der Waals surface area contributed by atoms with Gasteiger partial charge in [-0.2, -0.15) is 0 Å². The Morgan fingerprint density at radius 2 is 2.33 bits per heavy atom. The maximum absolute atomic E-state index is 11.0. The molecule has 0 saturated heterocycles. The highest BCUT2D eigenvalue weighted by molar-refractivity contribution is 6.30. The number of halogens is 1. The predicted molar refractivity (Wildman–Crippen MR) is 59.7 cm³/mol. The Labute approximate surface area is 93.7 Å². The predicted octanol–water partition coefficient (Wildman–Crippen LogP) is 2.62. The first-order valence-corrected chi connectivity index (χ1v) is 4.99. The maximum Gasteiger partial charge on any atom is 0.330 e. The summed E-state index contributed by atoms with van der Waals surface area (Å²) in [6, 6.07) is 3.64. The normalized spacial score (nSPS) is 10.6. The van der Waals surface area contributed by atoms with E-state index in [0.29, 0.717) is 17.3 Å². The van der Waals surface area contributed by atoms with Crippen LogP contribution in [0.2, 0.25) is 5.15 Å². The molecule has 0 aliphatic carbocycles. The fourth-order valence-corrected chi connectivity index (χ4v) is 1.27. The molecule has 0 aromatic carbocycles. The molecule has 1 aromatic heterocycles. The molecule has 0 aliphatic rings. The van der Waals surface area contributed by atoms with Gasteiger partial charge in [-0.15, -0.1) is 0 Å². The number of rotatable bonds is 3. The topological polar surface area (TPSA) is 39.2 Å². The third-order valence-electron chi connectivity index (χ3n) is 1.70. The van der Waals surface area contributed by atoms with Crippen LogP contribution in [0.3, 0.4) is 0 Å². The lowest BCUT2D eigenvalue weighted by Crippen LogP contribution is -1.98. The van der Waals surface area contributed by atoms with E-state index in [0.717, 1.165) is 5.69 Å². The summed E-state index contributed by atoms with van der Waals surface area (Å²) in [6.07, 6.45) is 2.93. The second-order valence-corrected chi connectivity index (χ2v) is 3.28. The van der Waals surface area contributed by atoms with E-state index in [-0.39, 0.29) is 5.97 Å². The average Bonchev–Trinajstić information content (AvgIpc) is 2.17. The van der Waals surface area contributed by atoms with Gasteiger partial charge in [-0.1, -0.05) is 17.7 Å². The van der Waals surface area contributed by atoms with Crippen LogP contribution in [0.25, 0.3) is 6.08 Å². The number of nitrogens with zero attached hydrogens (tertiary/aromatic N) is 1. The minimum Gasteiger partial charge on any atom is -0.463 e. The van der Waals surface area contributed by atoms with Gasteiger partial charge in [0, 0.05) is 17.3 Å². The fraction of sp³-hybridized carbons (Fsp3) is 0.273. The van der Waals surface area contributed by atoms with Gasteiger partial charge in [-0.05, 0) is 26.0 Å². The van der Waals surface area contributed by atoms with Crippen LogP contribution in [0.4, 0.5) is 0 Å². The van der Waals surface area contributed by atoms with Crippen LogP contribution >= 0.6 is 11.6 Å². The molecule has 0 N–H and O–H groups in total. The summed E-state index contributed by atoms with van der Waals surface area (Å²) >= 11 is 5.88. The van der Waals surface area contributed by atoms with Gasteiger partial charge in [0.2, 0.25) is 0 Å². The van der Waals surface area contributed by atoms with E-state index in [4.69, 9.17) is 16.3 Å². The molecule has 1 rings (SSSR count). The number of hydrogen-bond acceptors (Lipinski definition) is 3. The van der Waals surface area contributed by atoms with Crippen LogP contribution in [-0.4, -0.2) is 17.6 Å². The second kappa shape index (κ2) is 5.51. The van der Waals surface area contributed by atoms with E-state index >= 15 is 0 Å². The lowest BCUT2D eigenvalue weighted by atomic mass is 10.2. The van der Waals surface area contributed by atoms with Crippen LogP contribution in [0.5, 0.6) is 0 Å². The number of carbonyl (C=O) groups is 1. The summed E-state index contributed by atoms with van der Waals surface area (Å²) in [5, 5.41) is 0.385. The summed E-state index contributed by atoms with van der Waals surface area (Å²) in [7, 11) is 0. The SMILES string of the molecule is CCOC(=O)/C=C/c1ccc(C)nc1Cl. The van der Waals surface area contributed by atoms with E-state index < -0.39 is 0 Å². The van der Waals surface area contributed by atoms with E-state index in [1.54, 1.807) is 19.1 Å². The molecule has 0 fully saturated rings. The molecule has 0 bridgehead atoms. The first-order chi connectivity index (χ1) is 7.13. The van der Waals surface area contributed by atoms with Crippen LogP contribution in [-0.2, 0) is 9.53 Å². The summed E-state index contributed by atoms with van der Waals surface area (Å²) in [5.74, 6) is -0.380. The Kier molecular flexibility index (Phi) is 4.31. The molecule has 0 atom stereocenters. The minimum atomic E-state index is -0.380. The summed E-state index contributed by atoms with van der Waals surface area (Å²) < 4.78 is 4.74. The first-order valence-electron chi connectivity index (χ1n) is 4.61. The van der Waals surface area contributed by atoms with Crippen molar-refractivity contribution < 1.29 is 9.53 Å². The zero-order valence-electron chi connectivity index (χ0n) is 8.66. The molecule has 80 valence electrons. The van der Waals surface area contributed by atoms with Crippen LogP contribution in [0, 0.1) is 6.92 Å². The molecule has 0 unspecified atom stereocenters. The van der Waals surface area contributed by atoms with Crippen molar-refractivity contribution in [1.82, 2.24) is 4.98 Å². The van der Waals surface area contributed by atoms with Crippen LogP contribution in [0.1, 0.15) is 18.2 Å². The van der Waals surface area contributed by atoms with Gasteiger partial charge in [0.25, 0.3) is 0 Å². The molecule has 15 heavy (non-hydrogen) atoms. The first kappa shape index (κ1) is 11.7. The number of aryl methyl sites for hydroxylation is 1. The van der Waals surface area contributed by atoms with E-state index in [2.05, 4.69) is 4.98 Å². The maximum atomic E-state index is 11.0. The molecule has 0 amide bonds. The van der Waals surface area contributed by atoms with Gasteiger partial charge in [0.1, 0.15) is 5.15 Å². The summed E-state index contributed by atoms with van der Waals surface area (Å²) in [6.45, 7) is 3.97. The number of hydrogen-bond donors (Lipinski definition) is 0. The van der Waals surface area contributed by atoms with Gasteiger partial charge in [-0.3, -0.25) is 0 Å². The number of esters is 1. The highest BCUT2D eigenvalue weighted by Gasteiger charge is 1.99. The highest BCUT2D eigenvalue weighted by atomic mass is 35.5. The Hall–Kier alpha value is -1.35. The summed E-state index contributed by atoms with van der Waals surface area (Å²) in [5.41, 5.74) is 1.55. The molecule has 4 heteroatoms. The molecule has 0 spiro atoms. The molecule has 3 nitrogen and oxygen atoms in total. The molecule has 0 saturated carbocycles. The molecule has 0 radical (unpaired) electrons. The van der Waals surface area contributed by atoms with E-state index in [1.807, 2.05) is 13.0 Å². The highest BCUT2D eigenvalue weighted by Crippen LogP contribution is 2.14. The number of ether oxygens (including phenoxy) is 1. The van der Waals surface area contributed by atoms with Gasteiger partial charge >= 0.3 is 5.97 Å². The lowest BCUT2D eigenvalue weighted by Gasteiger charge is -1.98. The van der Waals surface area contributed by atoms with Crippen molar-refractivity contribution in [2.75, 3.05) is 6.61 Å². The lowest BCUT2D eigenvalue weighted by molar-refractivity contribution is -0.137. The number of carbonyl (C=O) groups excluding carboxylic acids is 1. The molecule has 1 heterocycles. The van der Waals surface area contributed by atoms with Gasteiger partial charge in [-0.25, -0.2) is 9.78 Å². The van der Waals surface area contributed by atoms with Crippen molar-refractivity contribution >= 4 is 23.6 Å². The summed E-state index contributed by atoms with van der Waals surface area (Å²) in [4.78, 5) is 15.1. The standard InChI is InChI=1S/C11H12ClNO2/c1-3-15-10(14)7-6-9-5-4-8(2)13-11(9)12/h4-7H,3H2,1-2H3/b7-6+. The molecule has 0 aliphatic heterocycles. The van der Waals surface area contributed by atoms with Gasteiger partial charge in [0.15, 0.2) is 0 Å². The van der Waals surface area contributed by atoms with E-state index in [9.17, 15) is 4.79 Å². The zero-order chi connectivity index (χ0) is 11.3. The quantitative estimate of drug-likeness (QED) is 0.451. The van der Waals surface area contributed by atoms with Crippen LogP contribution in [0.15, 0.2) is 18.2 Å². The monoisotopic (exact) mass is 225 g/mol. The van der Waals surface area contributed by atoms with Crippen molar-refractivity contribution in [2.24, 2.45) is 0 Å². The number of aromatic nitrogens is 1. The Morgan fingerprint density at radius 1 is 1.60 bits per heavy atom. The van der Waals surface area contributed by atoms with Crippen molar-refractivity contribution in [3.63, 3.8) is 0 Å². The molecule has 1 aromatic rings. The van der Waals surface area contributed by atoms with Crippen molar-refractivity contribution in [2.45, 2.75) is 13.8 Å². The third kappa shape index (κ3) is 3.72.